The lowest BCUT2D eigenvalue weighted by molar-refractivity contribution is -0.152. The van der Waals surface area contributed by atoms with E-state index in [9.17, 15) is 4.79 Å². The lowest BCUT2D eigenvalue weighted by atomic mass is 10.2. The number of rotatable bonds is 6. The Kier molecular flexibility index (Phi) is 5.72. The largest absolute Gasteiger partial charge is 0.479 e. The minimum Gasteiger partial charge on any atom is -0.479 e. The molecule has 0 aliphatic carbocycles. The van der Waals surface area contributed by atoms with Gasteiger partial charge in [0.15, 0.2) is 6.10 Å². The fourth-order valence-electron chi connectivity index (χ4n) is 0.902. The van der Waals surface area contributed by atoms with Crippen LogP contribution in [-0.2, 0) is 14.3 Å². The summed E-state index contributed by atoms with van der Waals surface area (Å²) in [6, 6.07) is 0. The van der Waals surface area contributed by atoms with Crippen molar-refractivity contribution in [3.8, 4) is 0 Å². The maximum absolute atomic E-state index is 10.6. The number of hydrogen-bond donors (Lipinski definition) is 1. The molecule has 1 atom stereocenters. The first-order valence-electron chi connectivity index (χ1n) is 4.85. The molecule has 0 saturated carbocycles. The van der Waals surface area contributed by atoms with Crippen molar-refractivity contribution in [1.82, 2.24) is 0 Å². The predicted octanol–water partition coefficient (Wildman–Crippen LogP) is 1.68. The van der Waals surface area contributed by atoms with Gasteiger partial charge in [0.25, 0.3) is 0 Å². The molecule has 0 heterocycles. The highest BCUT2D eigenvalue weighted by atomic mass is 16.5. The van der Waals surface area contributed by atoms with Crippen LogP contribution in [0.4, 0.5) is 0 Å². The highest BCUT2D eigenvalue weighted by Crippen LogP contribution is 2.06. The van der Waals surface area contributed by atoms with Crippen molar-refractivity contribution in [2.75, 3.05) is 13.2 Å². The second kappa shape index (κ2) is 5.98. The van der Waals surface area contributed by atoms with Gasteiger partial charge in [-0.15, -0.1) is 0 Å². The van der Waals surface area contributed by atoms with E-state index in [0.717, 1.165) is 0 Å². The van der Waals surface area contributed by atoms with E-state index in [1.807, 2.05) is 20.8 Å². The van der Waals surface area contributed by atoms with Crippen molar-refractivity contribution < 1.29 is 19.4 Å². The lowest BCUT2D eigenvalue weighted by Crippen LogP contribution is -2.27. The van der Waals surface area contributed by atoms with Crippen LogP contribution >= 0.6 is 0 Å². The Balaban J connectivity index is 3.58. The number of hydrogen-bond acceptors (Lipinski definition) is 3. The van der Waals surface area contributed by atoms with Crippen molar-refractivity contribution in [1.29, 1.82) is 0 Å². The second-order valence-electron chi connectivity index (χ2n) is 4.07. The van der Waals surface area contributed by atoms with Crippen molar-refractivity contribution >= 4 is 5.97 Å². The molecule has 0 rings (SSSR count). The standard InChI is InChI=1S/C10H20O4/c1-5-8(9(11)12)13-6-7-14-10(2,3)4/h8H,5-7H2,1-4H3,(H,11,12). The predicted molar refractivity (Wildman–Crippen MR) is 53.4 cm³/mol. The molecular weight excluding hydrogens is 184 g/mol. The first-order chi connectivity index (χ1) is 6.37. The summed E-state index contributed by atoms with van der Waals surface area (Å²) in [5, 5.41) is 8.67. The molecule has 0 bridgehead atoms. The third-order valence-corrected chi connectivity index (χ3v) is 1.58. The zero-order valence-electron chi connectivity index (χ0n) is 9.37. The Morgan fingerprint density at radius 1 is 1.36 bits per heavy atom. The summed E-state index contributed by atoms with van der Waals surface area (Å²) in [6.45, 7) is 8.36. The Bertz CT molecular complexity index is 171. The summed E-state index contributed by atoms with van der Waals surface area (Å²) < 4.78 is 10.5. The Morgan fingerprint density at radius 2 is 1.93 bits per heavy atom. The van der Waals surface area contributed by atoms with E-state index in [2.05, 4.69) is 0 Å². The fraction of sp³-hybridized carbons (Fsp3) is 0.900. The van der Waals surface area contributed by atoms with Gasteiger partial charge in [-0.25, -0.2) is 4.79 Å². The van der Waals surface area contributed by atoms with E-state index in [1.165, 1.54) is 0 Å². The quantitative estimate of drug-likeness (QED) is 0.669. The maximum atomic E-state index is 10.6. The van der Waals surface area contributed by atoms with Gasteiger partial charge in [0.1, 0.15) is 0 Å². The van der Waals surface area contributed by atoms with Crippen LogP contribution in [0, 0.1) is 0 Å². The molecule has 0 aromatic rings. The van der Waals surface area contributed by atoms with Crippen molar-refractivity contribution in [3.63, 3.8) is 0 Å². The summed E-state index contributed by atoms with van der Waals surface area (Å²) in [5.41, 5.74) is -0.200. The topological polar surface area (TPSA) is 55.8 Å². The lowest BCUT2D eigenvalue weighted by Gasteiger charge is -2.20. The minimum absolute atomic E-state index is 0.200. The molecular formula is C10H20O4. The van der Waals surface area contributed by atoms with Crippen LogP contribution in [0.25, 0.3) is 0 Å². The van der Waals surface area contributed by atoms with Crippen LogP contribution in [0.3, 0.4) is 0 Å². The number of ether oxygens (including phenoxy) is 2. The Hall–Kier alpha value is -0.610. The zero-order valence-corrected chi connectivity index (χ0v) is 9.37. The number of aliphatic carboxylic acids is 1. The van der Waals surface area contributed by atoms with Crippen LogP contribution in [-0.4, -0.2) is 36.0 Å². The van der Waals surface area contributed by atoms with E-state index < -0.39 is 12.1 Å². The van der Waals surface area contributed by atoms with Crippen LogP contribution in [0.5, 0.6) is 0 Å². The van der Waals surface area contributed by atoms with Crippen LogP contribution < -0.4 is 0 Å². The molecule has 1 unspecified atom stereocenters. The summed E-state index contributed by atoms with van der Waals surface area (Å²) in [7, 11) is 0. The van der Waals surface area contributed by atoms with E-state index >= 15 is 0 Å². The SMILES string of the molecule is CCC(OCCOC(C)(C)C)C(=O)O. The monoisotopic (exact) mass is 204 g/mol. The van der Waals surface area contributed by atoms with Crippen molar-refractivity contribution in [2.45, 2.75) is 45.8 Å². The fourth-order valence-corrected chi connectivity index (χ4v) is 0.902. The van der Waals surface area contributed by atoms with Crippen LogP contribution in [0.15, 0.2) is 0 Å². The molecule has 0 amide bonds. The molecule has 0 aliphatic rings. The van der Waals surface area contributed by atoms with E-state index in [-0.39, 0.29) is 5.60 Å². The third-order valence-electron chi connectivity index (χ3n) is 1.58. The average Bonchev–Trinajstić information content (AvgIpc) is 2.01. The molecule has 0 aromatic heterocycles. The van der Waals surface area contributed by atoms with Gasteiger partial charge < -0.3 is 14.6 Å². The molecule has 0 radical (unpaired) electrons. The Morgan fingerprint density at radius 3 is 2.29 bits per heavy atom. The molecule has 0 aliphatic heterocycles. The van der Waals surface area contributed by atoms with E-state index in [4.69, 9.17) is 14.6 Å². The highest BCUT2D eigenvalue weighted by molar-refractivity contribution is 5.72. The average molecular weight is 204 g/mol. The summed E-state index contributed by atoms with van der Waals surface area (Å²) in [5.74, 6) is -0.914. The van der Waals surface area contributed by atoms with Gasteiger partial charge in [-0.3, -0.25) is 0 Å². The highest BCUT2D eigenvalue weighted by Gasteiger charge is 2.15. The third kappa shape index (κ3) is 6.86. The number of carboxylic acids is 1. The van der Waals surface area contributed by atoms with Gasteiger partial charge in [-0.05, 0) is 27.2 Å². The van der Waals surface area contributed by atoms with E-state index in [0.29, 0.717) is 19.6 Å². The van der Waals surface area contributed by atoms with Gasteiger partial charge in [-0.2, -0.15) is 0 Å². The Labute approximate surface area is 85.2 Å². The summed E-state index contributed by atoms with van der Waals surface area (Å²) in [4.78, 5) is 10.6. The molecule has 4 heteroatoms. The van der Waals surface area contributed by atoms with E-state index in [1.54, 1.807) is 6.92 Å². The maximum Gasteiger partial charge on any atom is 0.332 e. The van der Waals surface area contributed by atoms with Gasteiger partial charge >= 0.3 is 5.97 Å². The van der Waals surface area contributed by atoms with Crippen LogP contribution in [0.1, 0.15) is 34.1 Å². The number of carboxylic acid groups (broad SMARTS) is 1. The summed E-state index contributed by atoms with van der Waals surface area (Å²) in [6.07, 6.45) is -0.233. The van der Waals surface area contributed by atoms with Gasteiger partial charge in [0.05, 0.1) is 18.8 Å². The minimum atomic E-state index is -0.914. The van der Waals surface area contributed by atoms with Crippen molar-refractivity contribution in [3.05, 3.63) is 0 Å². The molecule has 0 saturated heterocycles. The van der Waals surface area contributed by atoms with Gasteiger partial charge in [0, 0.05) is 0 Å². The van der Waals surface area contributed by atoms with Crippen molar-refractivity contribution in [2.24, 2.45) is 0 Å². The summed E-state index contributed by atoms with van der Waals surface area (Å²) >= 11 is 0. The smallest absolute Gasteiger partial charge is 0.332 e. The normalized spacial score (nSPS) is 14.0. The first-order valence-corrected chi connectivity index (χ1v) is 4.85. The van der Waals surface area contributed by atoms with Gasteiger partial charge in [0.2, 0.25) is 0 Å². The molecule has 84 valence electrons. The molecule has 4 nitrogen and oxygen atoms in total. The molecule has 0 fully saturated rings. The first kappa shape index (κ1) is 13.4. The van der Waals surface area contributed by atoms with Crippen LogP contribution in [0.2, 0.25) is 0 Å². The molecule has 0 spiro atoms. The molecule has 14 heavy (non-hydrogen) atoms. The molecule has 0 aromatic carbocycles. The molecule has 1 N–H and O–H groups in total. The zero-order chi connectivity index (χ0) is 11.2. The second-order valence-corrected chi connectivity index (χ2v) is 4.07. The van der Waals surface area contributed by atoms with Gasteiger partial charge in [-0.1, -0.05) is 6.92 Å². The number of carbonyl (C=O) groups is 1.